The largest absolute Gasteiger partial charge is 0.375 e. The Bertz CT molecular complexity index is 502. The molecule has 0 radical (unpaired) electrons. The van der Waals surface area contributed by atoms with Crippen LogP contribution in [0.25, 0.3) is 0 Å². The number of nitrogens with zero attached hydrogens (tertiary/aromatic N) is 1. The number of allylic oxidation sites excluding steroid dienone is 4. The van der Waals surface area contributed by atoms with Gasteiger partial charge in [-0.05, 0) is 30.0 Å². The molecule has 0 saturated heterocycles. The standard InChI is InChI=1S/C14H14N2O/c17-13-5-1-3-10-6-7-12(16-14(10)13)11-4-2-8-15-9-11/h1-4,8-9,12,16H,5-7H2. The first-order chi connectivity index (χ1) is 8.34. The third-order valence-corrected chi connectivity index (χ3v) is 3.33. The van der Waals surface area contributed by atoms with Gasteiger partial charge in [-0.3, -0.25) is 9.78 Å². The van der Waals surface area contributed by atoms with Gasteiger partial charge in [0.15, 0.2) is 5.78 Å². The van der Waals surface area contributed by atoms with E-state index in [1.54, 1.807) is 6.20 Å². The lowest BCUT2D eigenvalue weighted by molar-refractivity contribution is -0.115. The van der Waals surface area contributed by atoms with Crippen molar-refractivity contribution in [2.75, 3.05) is 0 Å². The number of ketones is 1. The summed E-state index contributed by atoms with van der Waals surface area (Å²) >= 11 is 0. The Morgan fingerprint density at radius 3 is 3.18 bits per heavy atom. The maximum Gasteiger partial charge on any atom is 0.182 e. The lowest BCUT2D eigenvalue weighted by Gasteiger charge is -2.29. The second-order valence-electron chi connectivity index (χ2n) is 4.45. The van der Waals surface area contributed by atoms with Crippen LogP contribution in [0.15, 0.2) is 47.9 Å². The summed E-state index contributed by atoms with van der Waals surface area (Å²) in [6.07, 6.45) is 10.2. The lowest BCUT2D eigenvalue weighted by atomic mass is 9.90. The van der Waals surface area contributed by atoms with Crippen molar-refractivity contribution in [3.05, 3.63) is 53.5 Å². The van der Waals surface area contributed by atoms with Crippen LogP contribution < -0.4 is 5.32 Å². The molecule has 3 heteroatoms. The molecule has 1 aromatic rings. The molecule has 0 bridgehead atoms. The van der Waals surface area contributed by atoms with Crippen LogP contribution in [0, 0.1) is 0 Å². The molecule has 0 aromatic carbocycles. The van der Waals surface area contributed by atoms with Crippen molar-refractivity contribution < 1.29 is 4.79 Å². The molecule has 1 aliphatic carbocycles. The average Bonchev–Trinajstić information content (AvgIpc) is 2.40. The number of pyridine rings is 1. The van der Waals surface area contributed by atoms with Gasteiger partial charge in [-0.2, -0.15) is 0 Å². The van der Waals surface area contributed by atoms with Crippen LogP contribution in [-0.2, 0) is 4.79 Å². The van der Waals surface area contributed by atoms with Gasteiger partial charge in [0.05, 0.1) is 11.7 Å². The van der Waals surface area contributed by atoms with Crippen LogP contribution in [0.2, 0.25) is 0 Å². The molecule has 1 atom stereocenters. The number of hydrogen-bond acceptors (Lipinski definition) is 3. The average molecular weight is 226 g/mol. The summed E-state index contributed by atoms with van der Waals surface area (Å²) in [7, 11) is 0. The van der Waals surface area contributed by atoms with Gasteiger partial charge in [0.1, 0.15) is 0 Å². The van der Waals surface area contributed by atoms with E-state index in [2.05, 4.69) is 22.4 Å². The number of Topliss-reactive ketones (excluding diaryl/α,β-unsaturated/α-hetero) is 1. The number of carbonyl (C=O) groups is 1. The molecule has 2 heterocycles. The fraction of sp³-hybridized carbons (Fsp3) is 0.286. The highest BCUT2D eigenvalue weighted by molar-refractivity contribution is 5.98. The number of aromatic nitrogens is 1. The van der Waals surface area contributed by atoms with Gasteiger partial charge in [-0.15, -0.1) is 0 Å². The van der Waals surface area contributed by atoms with Crippen molar-refractivity contribution in [1.29, 1.82) is 0 Å². The van der Waals surface area contributed by atoms with Crippen LogP contribution in [0.5, 0.6) is 0 Å². The Hall–Kier alpha value is -1.90. The highest BCUT2D eigenvalue weighted by Crippen LogP contribution is 2.31. The van der Waals surface area contributed by atoms with Gasteiger partial charge in [-0.1, -0.05) is 18.2 Å². The normalized spacial score (nSPS) is 23.3. The maximum absolute atomic E-state index is 11.8. The molecule has 0 spiro atoms. The van der Waals surface area contributed by atoms with Gasteiger partial charge in [0, 0.05) is 18.8 Å². The number of rotatable bonds is 1. The number of nitrogens with one attached hydrogen (secondary N) is 1. The van der Waals surface area contributed by atoms with E-state index in [9.17, 15) is 4.79 Å². The van der Waals surface area contributed by atoms with Crippen molar-refractivity contribution >= 4 is 5.78 Å². The summed E-state index contributed by atoms with van der Waals surface area (Å²) in [4.78, 5) is 15.9. The molecular weight excluding hydrogens is 212 g/mol. The molecule has 17 heavy (non-hydrogen) atoms. The van der Waals surface area contributed by atoms with Crippen LogP contribution in [0.4, 0.5) is 0 Å². The van der Waals surface area contributed by atoms with Crippen LogP contribution in [0.3, 0.4) is 0 Å². The summed E-state index contributed by atoms with van der Waals surface area (Å²) in [5.74, 6) is 0.205. The second kappa shape index (κ2) is 4.17. The van der Waals surface area contributed by atoms with Crippen LogP contribution in [0.1, 0.15) is 30.9 Å². The minimum atomic E-state index is 0.205. The first kappa shape index (κ1) is 10.3. The van der Waals surface area contributed by atoms with E-state index in [-0.39, 0.29) is 11.8 Å². The molecular formula is C14H14N2O. The Labute approximate surface area is 100 Å². The lowest BCUT2D eigenvalue weighted by Crippen LogP contribution is -2.31. The monoisotopic (exact) mass is 226 g/mol. The summed E-state index contributed by atoms with van der Waals surface area (Å²) < 4.78 is 0. The molecule has 3 nitrogen and oxygen atoms in total. The summed E-state index contributed by atoms with van der Waals surface area (Å²) in [6.45, 7) is 0. The summed E-state index contributed by atoms with van der Waals surface area (Å²) in [5, 5.41) is 3.36. The zero-order valence-electron chi connectivity index (χ0n) is 9.52. The van der Waals surface area contributed by atoms with Gasteiger partial charge in [0.2, 0.25) is 0 Å². The van der Waals surface area contributed by atoms with E-state index in [0.29, 0.717) is 6.42 Å². The van der Waals surface area contributed by atoms with Crippen molar-refractivity contribution in [1.82, 2.24) is 10.3 Å². The van der Waals surface area contributed by atoms with Crippen molar-refractivity contribution in [3.8, 4) is 0 Å². The second-order valence-corrected chi connectivity index (χ2v) is 4.45. The quantitative estimate of drug-likeness (QED) is 0.798. The molecule has 1 aliphatic heterocycles. The molecule has 3 rings (SSSR count). The third kappa shape index (κ3) is 1.88. The summed E-state index contributed by atoms with van der Waals surface area (Å²) in [5.41, 5.74) is 3.12. The topological polar surface area (TPSA) is 42.0 Å². The molecule has 0 fully saturated rings. The van der Waals surface area contributed by atoms with E-state index in [1.165, 1.54) is 0 Å². The first-order valence-corrected chi connectivity index (χ1v) is 5.94. The Morgan fingerprint density at radius 1 is 1.41 bits per heavy atom. The highest BCUT2D eigenvalue weighted by Gasteiger charge is 2.25. The van der Waals surface area contributed by atoms with Crippen LogP contribution in [-0.4, -0.2) is 10.8 Å². The van der Waals surface area contributed by atoms with E-state index in [0.717, 1.165) is 29.7 Å². The zero-order chi connectivity index (χ0) is 11.7. The molecule has 0 saturated carbocycles. The van der Waals surface area contributed by atoms with E-state index >= 15 is 0 Å². The van der Waals surface area contributed by atoms with Crippen LogP contribution >= 0.6 is 0 Å². The van der Waals surface area contributed by atoms with Gasteiger partial charge < -0.3 is 5.32 Å². The summed E-state index contributed by atoms with van der Waals surface area (Å²) in [6, 6.07) is 4.21. The Balaban J connectivity index is 1.88. The molecule has 2 aliphatic rings. The molecule has 86 valence electrons. The fourth-order valence-corrected chi connectivity index (χ4v) is 2.43. The molecule has 1 N–H and O–H groups in total. The minimum Gasteiger partial charge on any atom is -0.375 e. The van der Waals surface area contributed by atoms with Crippen molar-refractivity contribution in [2.24, 2.45) is 0 Å². The first-order valence-electron chi connectivity index (χ1n) is 5.94. The van der Waals surface area contributed by atoms with Crippen molar-refractivity contribution in [3.63, 3.8) is 0 Å². The van der Waals surface area contributed by atoms with Gasteiger partial charge in [0.25, 0.3) is 0 Å². The number of hydrogen-bond donors (Lipinski definition) is 1. The molecule has 1 unspecified atom stereocenters. The zero-order valence-corrected chi connectivity index (χ0v) is 9.52. The minimum absolute atomic E-state index is 0.205. The maximum atomic E-state index is 11.8. The predicted molar refractivity (Wildman–Crippen MR) is 65.1 cm³/mol. The van der Waals surface area contributed by atoms with Crippen molar-refractivity contribution in [2.45, 2.75) is 25.3 Å². The molecule has 1 aromatic heterocycles. The highest BCUT2D eigenvalue weighted by atomic mass is 16.1. The van der Waals surface area contributed by atoms with E-state index in [4.69, 9.17) is 0 Å². The molecule has 0 amide bonds. The number of carbonyl (C=O) groups excluding carboxylic acids is 1. The van der Waals surface area contributed by atoms with E-state index in [1.807, 2.05) is 18.3 Å². The fourth-order valence-electron chi connectivity index (χ4n) is 2.43. The smallest absolute Gasteiger partial charge is 0.182 e. The SMILES string of the molecule is O=C1CC=CC2=C1NC(c1cccnc1)CC2. The third-order valence-electron chi connectivity index (χ3n) is 3.33. The van der Waals surface area contributed by atoms with Gasteiger partial charge in [-0.25, -0.2) is 0 Å². The Kier molecular flexibility index (Phi) is 2.52. The van der Waals surface area contributed by atoms with E-state index < -0.39 is 0 Å². The predicted octanol–water partition coefficient (Wildman–Crippen LogP) is 2.29. The van der Waals surface area contributed by atoms with Gasteiger partial charge >= 0.3 is 0 Å². The Morgan fingerprint density at radius 2 is 2.35 bits per heavy atom.